The van der Waals surface area contributed by atoms with Crippen molar-refractivity contribution in [1.29, 1.82) is 0 Å². The van der Waals surface area contributed by atoms with Gasteiger partial charge in [0, 0.05) is 16.1 Å². The van der Waals surface area contributed by atoms with Gasteiger partial charge < -0.3 is 10.1 Å². The Hall–Kier alpha value is -0.730. The summed E-state index contributed by atoms with van der Waals surface area (Å²) in [5.41, 5.74) is 2.27. The molecule has 0 aliphatic carbocycles. The molecule has 0 amide bonds. The lowest BCUT2D eigenvalue weighted by Gasteiger charge is -2.26. The van der Waals surface area contributed by atoms with Gasteiger partial charge in [0.25, 0.3) is 0 Å². The minimum absolute atomic E-state index is 0.0463. The highest BCUT2D eigenvalue weighted by Crippen LogP contribution is 2.36. The maximum atomic E-state index is 6.23. The number of benzene rings is 1. The molecule has 88 valence electrons. The van der Waals surface area contributed by atoms with Crippen LogP contribution in [0.5, 0.6) is 5.75 Å². The third kappa shape index (κ3) is 1.92. The maximum absolute atomic E-state index is 6.23. The molecule has 0 radical (unpaired) electrons. The summed E-state index contributed by atoms with van der Waals surface area (Å²) < 4.78 is 5.36. The van der Waals surface area contributed by atoms with Crippen molar-refractivity contribution in [2.24, 2.45) is 0 Å². The van der Waals surface area contributed by atoms with E-state index < -0.39 is 0 Å². The summed E-state index contributed by atoms with van der Waals surface area (Å²) in [7, 11) is 1.69. The Morgan fingerprint density at radius 3 is 2.75 bits per heavy atom. The summed E-state index contributed by atoms with van der Waals surface area (Å²) in [5.74, 6) is 0.873. The van der Waals surface area contributed by atoms with Crippen molar-refractivity contribution in [2.45, 2.75) is 32.2 Å². The Kier molecular flexibility index (Phi) is 3.13. The Morgan fingerprint density at radius 2 is 2.19 bits per heavy atom. The van der Waals surface area contributed by atoms with Crippen LogP contribution in [0.3, 0.4) is 0 Å². The number of nitrogens with one attached hydrogen (secondary N) is 1. The van der Waals surface area contributed by atoms with Gasteiger partial charge in [-0.05, 0) is 50.9 Å². The zero-order chi connectivity index (χ0) is 11.8. The number of ether oxygens (including phenoxy) is 1. The van der Waals surface area contributed by atoms with Crippen LogP contribution in [-0.4, -0.2) is 13.7 Å². The molecule has 3 heteroatoms. The standard InChI is InChI=1S/C13H18ClNO/c1-9-11(14)7-10(8-12(9)16-3)13(2)5-4-6-15-13/h7-8,15H,4-6H2,1-3H3. The Balaban J connectivity index is 2.45. The number of halogens is 1. The van der Waals surface area contributed by atoms with Crippen molar-refractivity contribution in [3.05, 3.63) is 28.3 Å². The average molecular weight is 240 g/mol. The predicted molar refractivity (Wildman–Crippen MR) is 67.3 cm³/mol. The van der Waals surface area contributed by atoms with Gasteiger partial charge in [0.2, 0.25) is 0 Å². The second kappa shape index (κ2) is 4.27. The highest BCUT2D eigenvalue weighted by atomic mass is 35.5. The van der Waals surface area contributed by atoms with Crippen LogP contribution >= 0.6 is 11.6 Å². The smallest absolute Gasteiger partial charge is 0.123 e. The second-order valence-corrected chi connectivity index (χ2v) is 5.05. The normalized spacial score (nSPS) is 24.8. The minimum atomic E-state index is 0.0463. The number of hydrogen-bond acceptors (Lipinski definition) is 2. The summed E-state index contributed by atoms with van der Waals surface area (Å²) in [6.45, 7) is 5.28. The fourth-order valence-corrected chi connectivity index (χ4v) is 2.54. The van der Waals surface area contributed by atoms with Gasteiger partial charge in [0.1, 0.15) is 5.75 Å². The Morgan fingerprint density at radius 1 is 1.44 bits per heavy atom. The van der Waals surface area contributed by atoms with Crippen molar-refractivity contribution in [2.75, 3.05) is 13.7 Å². The molecule has 2 nitrogen and oxygen atoms in total. The number of methoxy groups -OCH3 is 1. The first-order valence-electron chi connectivity index (χ1n) is 5.66. The summed E-state index contributed by atoms with van der Waals surface area (Å²) in [6.07, 6.45) is 2.36. The second-order valence-electron chi connectivity index (χ2n) is 4.65. The fraction of sp³-hybridized carbons (Fsp3) is 0.538. The molecule has 1 aliphatic rings. The van der Waals surface area contributed by atoms with Crippen LogP contribution in [0, 0.1) is 6.92 Å². The Bertz CT molecular complexity index is 397. The van der Waals surface area contributed by atoms with Gasteiger partial charge in [-0.3, -0.25) is 0 Å². The molecule has 0 spiro atoms. The van der Waals surface area contributed by atoms with E-state index in [1.54, 1.807) is 7.11 Å². The molecular weight excluding hydrogens is 222 g/mol. The van der Waals surface area contributed by atoms with E-state index in [9.17, 15) is 0 Å². The molecule has 1 aliphatic heterocycles. The summed E-state index contributed by atoms with van der Waals surface area (Å²) in [6, 6.07) is 4.15. The van der Waals surface area contributed by atoms with E-state index in [0.29, 0.717) is 0 Å². The molecule has 1 aromatic carbocycles. The van der Waals surface area contributed by atoms with Crippen molar-refractivity contribution in [1.82, 2.24) is 5.32 Å². The molecule has 1 unspecified atom stereocenters. The van der Waals surface area contributed by atoms with E-state index in [1.807, 2.05) is 6.92 Å². The maximum Gasteiger partial charge on any atom is 0.123 e. The quantitative estimate of drug-likeness (QED) is 0.856. The predicted octanol–water partition coefficient (Wildman–Crippen LogP) is 3.26. The molecule has 1 saturated heterocycles. The lowest BCUT2D eigenvalue weighted by molar-refractivity contribution is 0.401. The highest BCUT2D eigenvalue weighted by Gasteiger charge is 2.30. The van der Waals surface area contributed by atoms with Gasteiger partial charge in [0.15, 0.2) is 0 Å². The summed E-state index contributed by atoms with van der Waals surface area (Å²) >= 11 is 6.23. The molecule has 2 rings (SSSR count). The summed E-state index contributed by atoms with van der Waals surface area (Å²) in [5, 5.41) is 4.31. The van der Waals surface area contributed by atoms with Crippen LogP contribution in [0.1, 0.15) is 30.9 Å². The van der Waals surface area contributed by atoms with Gasteiger partial charge >= 0.3 is 0 Å². The molecule has 0 saturated carbocycles. The van der Waals surface area contributed by atoms with E-state index in [1.165, 1.54) is 12.0 Å². The summed E-state index contributed by atoms with van der Waals surface area (Å²) in [4.78, 5) is 0. The third-order valence-electron chi connectivity index (χ3n) is 3.52. The van der Waals surface area contributed by atoms with Crippen molar-refractivity contribution in [3.8, 4) is 5.75 Å². The van der Waals surface area contributed by atoms with Crippen molar-refractivity contribution in [3.63, 3.8) is 0 Å². The van der Waals surface area contributed by atoms with Crippen LogP contribution in [0.4, 0.5) is 0 Å². The molecule has 16 heavy (non-hydrogen) atoms. The molecule has 1 aromatic rings. The van der Waals surface area contributed by atoms with Crippen LogP contribution in [0.15, 0.2) is 12.1 Å². The number of rotatable bonds is 2. The molecule has 1 atom stereocenters. The largest absolute Gasteiger partial charge is 0.496 e. The van der Waals surface area contributed by atoms with Crippen LogP contribution in [-0.2, 0) is 5.54 Å². The third-order valence-corrected chi connectivity index (χ3v) is 3.92. The van der Waals surface area contributed by atoms with Gasteiger partial charge in [0.05, 0.1) is 7.11 Å². The van der Waals surface area contributed by atoms with Crippen molar-refractivity contribution < 1.29 is 4.74 Å². The van der Waals surface area contributed by atoms with E-state index in [2.05, 4.69) is 24.4 Å². The van der Waals surface area contributed by atoms with Crippen LogP contribution < -0.4 is 10.1 Å². The van der Waals surface area contributed by atoms with E-state index in [0.717, 1.165) is 29.3 Å². The molecule has 0 bridgehead atoms. The van der Waals surface area contributed by atoms with E-state index >= 15 is 0 Å². The highest BCUT2D eigenvalue weighted by molar-refractivity contribution is 6.31. The van der Waals surface area contributed by atoms with Gasteiger partial charge in [-0.25, -0.2) is 0 Å². The van der Waals surface area contributed by atoms with Gasteiger partial charge in [-0.15, -0.1) is 0 Å². The average Bonchev–Trinajstić information content (AvgIpc) is 2.70. The van der Waals surface area contributed by atoms with Gasteiger partial charge in [-0.1, -0.05) is 11.6 Å². The van der Waals surface area contributed by atoms with E-state index in [4.69, 9.17) is 16.3 Å². The zero-order valence-electron chi connectivity index (χ0n) is 10.1. The minimum Gasteiger partial charge on any atom is -0.496 e. The monoisotopic (exact) mass is 239 g/mol. The molecular formula is C13H18ClNO. The molecule has 1 fully saturated rings. The first kappa shape index (κ1) is 11.7. The zero-order valence-corrected chi connectivity index (χ0v) is 10.8. The van der Waals surface area contributed by atoms with E-state index in [-0.39, 0.29) is 5.54 Å². The van der Waals surface area contributed by atoms with Crippen LogP contribution in [0.2, 0.25) is 5.02 Å². The van der Waals surface area contributed by atoms with Gasteiger partial charge in [-0.2, -0.15) is 0 Å². The topological polar surface area (TPSA) is 21.3 Å². The lowest BCUT2D eigenvalue weighted by Crippen LogP contribution is -2.33. The first-order chi connectivity index (χ1) is 7.57. The number of hydrogen-bond donors (Lipinski definition) is 1. The molecule has 1 N–H and O–H groups in total. The molecule has 1 heterocycles. The van der Waals surface area contributed by atoms with Crippen LogP contribution in [0.25, 0.3) is 0 Å². The SMILES string of the molecule is COc1cc(C2(C)CCCN2)cc(Cl)c1C. The van der Waals surface area contributed by atoms with Crippen molar-refractivity contribution >= 4 is 11.6 Å². The fourth-order valence-electron chi connectivity index (χ4n) is 2.33. The first-order valence-corrected chi connectivity index (χ1v) is 6.04. The molecule has 0 aromatic heterocycles. The lowest BCUT2D eigenvalue weighted by atomic mass is 9.90. The Labute approximate surface area is 102 Å².